The van der Waals surface area contributed by atoms with E-state index in [4.69, 9.17) is 9.84 Å². The molecule has 6 heteroatoms. The third-order valence-corrected chi connectivity index (χ3v) is 3.10. The topological polar surface area (TPSA) is 92.3 Å². The third-order valence-electron chi connectivity index (χ3n) is 3.10. The lowest BCUT2D eigenvalue weighted by Crippen LogP contribution is -2.16. The zero-order chi connectivity index (χ0) is 16.1. The minimum Gasteiger partial charge on any atom is -0.493 e. The molecule has 22 heavy (non-hydrogen) atoms. The molecule has 0 saturated heterocycles. The highest BCUT2D eigenvalue weighted by Gasteiger charge is 2.06. The summed E-state index contributed by atoms with van der Waals surface area (Å²) in [5, 5.41) is 8.75. The minimum atomic E-state index is -1.02. The first kappa shape index (κ1) is 15.8. The van der Waals surface area contributed by atoms with E-state index in [1.807, 2.05) is 32.0 Å². The van der Waals surface area contributed by atoms with Gasteiger partial charge >= 0.3 is 5.97 Å². The van der Waals surface area contributed by atoms with Gasteiger partial charge in [-0.15, -0.1) is 0 Å². The summed E-state index contributed by atoms with van der Waals surface area (Å²) in [7, 11) is 0. The predicted octanol–water partition coefficient (Wildman–Crippen LogP) is 1.64. The number of ether oxygens (including phenoxy) is 1. The molecule has 2 aromatic rings. The van der Waals surface area contributed by atoms with Gasteiger partial charge in [0.15, 0.2) is 0 Å². The lowest BCUT2D eigenvalue weighted by Gasteiger charge is -2.09. The van der Waals surface area contributed by atoms with E-state index in [-0.39, 0.29) is 17.7 Å². The molecule has 0 aliphatic rings. The molecule has 0 aliphatic carbocycles. The number of nitrogens with one attached hydrogen (secondary N) is 1. The Kier molecular flexibility index (Phi) is 4.93. The van der Waals surface area contributed by atoms with Crippen LogP contribution in [0.4, 0.5) is 0 Å². The van der Waals surface area contributed by atoms with Crippen LogP contribution < -0.4 is 10.3 Å². The molecule has 2 rings (SSSR count). The zero-order valence-corrected chi connectivity index (χ0v) is 12.5. The first-order valence-electron chi connectivity index (χ1n) is 6.95. The fourth-order valence-electron chi connectivity index (χ4n) is 2.15. The van der Waals surface area contributed by atoms with Crippen LogP contribution in [0.5, 0.6) is 5.75 Å². The van der Waals surface area contributed by atoms with Crippen molar-refractivity contribution in [3.63, 3.8) is 0 Å². The largest absolute Gasteiger partial charge is 0.493 e. The number of H-pyrrole nitrogens is 1. The maximum absolute atomic E-state index is 11.5. The molecule has 116 valence electrons. The summed E-state index contributed by atoms with van der Waals surface area (Å²) in [5.74, 6) is 0.193. The Morgan fingerprint density at radius 2 is 2.09 bits per heavy atom. The van der Waals surface area contributed by atoms with Crippen LogP contribution in [0.2, 0.25) is 0 Å². The Bertz CT molecular complexity index is 737. The average molecular weight is 302 g/mol. The van der Waals surface area contributed by atoms with Crippen molar-refractivity contribution >= 4 is 5.97 Å². The normalized spacial score (nSPS) is 10.5. The molecule has 0 unspecified atom stereocenters. The van der Waals surface area contributed by atoms with Crippen LogP contribution in [0, 0.1) is 13.8 Å². The van der Waals surface area contributed by atoms with Gasteiger partial charge in [-0.25, -0.2) is 4.98 Å². The lowest BCUT2D eigenvalue weighted by molar-refractivity contribution is -0.136. The van der Waals surface area contributed by atoms with E-state index in [0.29, 0.717) is 18.9 Å². The van der Waals surface area contributed by atoms with Crippen molar-refractivity contribution in [2.45, 2.75) is 26.7 Å². The Labute approximate surface area is 127 Å². The molecular formula is C16H18N2O4. The molecule has 0 atom stereocenters. The van der Waals surface area contributed by atoms with Crippen molar-refractivity contribution in [3.05, 3.63) is 57.3 Å². The maximum Gasteiger partial charge on any atom is 0.309 e. The number of rotatable bonds is 6. The number of hydrogen-bond acceptors (Lipinski definition) is 4. The fraction of sp³-hybridized carbons (Fsp3) is 0.312. The molecule has 0 radical (unpaired) electrons. The monoisotopic (exact) mass is 302 g/mol. The average Bonchev–Trinajstić information content (AvgIpc) is 2.40. The van der Waals surface area contributed by atoms with Crippen LogP contribution in [-0.2, 0) is 17.6 Å². The van der Waals surface area contributed by atoms with Gasteiger partial charge in [0.1, 0.15) is 11.6 Å². The summed E-state index contributed by atoms with van der Waals surface area (Å²) in [6.45, 7) is 4.33. The molecule has 6 nitrogen and oxygen atoms in total. The highest BCUT2D eigenvalue weighted by molar-refractivity contribution is 5.69. The van der Waals surface area contributed by atoms with Gasteiger partial charge in [-0.2, -0.15) is 0 Å². The van der Waals surface area contributed by atoms with E-state index in [1.54, 1.807) is 0 Å². The van der Waals surface area contributed by atoms with E-state index >= 15 is 0 Å². The van der Waals surface area contributed by atoms with Gasteiger partial charge in [-0.1, -0.05) is 17.7 Å². The van der Waals surface area contributed by atoms with Crippen LogP contribution in [0.25, 0.3) is 0 Å². The number of aromatic amines is 1. The standard InChI is InChI=1S/C16H18N2O4/c1-10-3-4-13(11(2)7-10)22-6-5-14-17-12(9-16(20)21)8-15(19)18-14/h3-4,7-8H,5-6,9H2,1-2H3,(H,20,21)(H,17,18,19). The van der Waals surface area contributed by atoms with E-state index in [9.17, 15) is 9.59 Å². The third kappa shape index (κ3) is 4.44. The zero-order valence-electron chi connectivity index (χ0n) is 12.5. The second-order valence-corrected chi connectivity index (χ2v) is 5.12. The van der Waals surface area contributed by atoms with E-state index < -0.39 is 5.97 Å². The smallest absolute Gasteiger partial charge is 0.309 e. The summed E-state index contributed by atoms with van der Waals surface area (Å²) in [6, 6.07) is 7.10. The minimum absolute atomic E-state index is 0.248. The van der Waals surface area contributed by atoms with Crippen LogP contribution in [0.1, 0.15) is 22.6 Å². The number of carboxylic acids is 1. The second kappa shape index (κ2) is 6.89. The molecule has 0 saturated carbocycles. The second-order valence-electron chi connectivity index (χ2n) is 5.12. The summed E-state index contributed by atoms with van der Waals surface area (Å²) in [6.07, 6.45) is 0.130. The molecular weight excluding hydrogens is 284 g/mol. The van der Waals surface area contributed by atoms with Gasteiger partial charge in [0, 0.05) is 12.5 Å². The summed E-state index contributed by atoms with van der Waals surface area (Å²) >= 11 is 0. The molecule has 1 aromatic carbocycles. The maximum atomic E-state index is 11.5. The first-order valence-corrected chi connectivity index (χ1v) is 6.95. The summed E-state index contributed by atoms with van der Waals surface area (Å²) in [4.78, 5) is 28.9. The van der Waals surface area contributed by atoms with Crippen molar-refractivity contribution in [3.8, 4) is 5.75 Å². The van der Waals surface area contributed by atoms with Gasteiger partial charge in [-0.05, 0) is 25.5 Å². The predicted molar refractivity (Wildman–Crippen MR) is 81.3 cm³/mol. The number of nitrogens with zero attached hydrogens (tertiary/aromatic N) is 1. The number of aromatic nitrogens is 2. The highest BCUT2D eigenvalue weighted by atomic mass is 16.5. The van der Waals surface area contributed by atoms with Crippen LogP contribution in [-0.4, -0.2) is 27.7 Å². The molecule has 0 spiro atoms. The van der Waals surface area contributed by atoms with Crippen LogP contribution in [0.3, 0.4) is 0 Å². The number of hydrogen-bond donors (Lipinski definition) is 2. The van der Waals surface area contributed by atoms with Crippen molar-refractivity contribution in [1.82, 2.24) is 9.97 Å². The van der Waals surface area contributed by atoms with Gasteiger partial charge in [-0.3, -0.25) is 9.59 Å². The Hall–Kier alpha value is -2.63. The van der Waals surface area contributed by atoms with Crippen molar-refractivity contribution in [1.29, 1.82) is 0 Å². The van der Waals surface area contributed by atoms with Gasteiger partial charge in [0.25, 0.3) is 5.56 Å². The van der Waals surface area contributed by atoms with E-state index in [0.717, 1.165) is 16.9 Å². The van der Waals surface area contributed by atoms with E-state index in [1.165, 1.54) is 6.07 Å². The Morgan fingerprint density at radius 1 is 1.32 bits per heavy atom. The lowest BCUT2D eigenvalue weighted by atomic mass is 10.1. The van der Waals surface area contributed by atoms with Gasteiger partial charge < -0.3 is 14.8 Å². The molecule has 0 aliphatic heterocycles. The van der Waals surface area contributed by atoms with Crippen molar-refractivity contribution in [2.24, 2.45) is 0 Å². The van der Waals surface area contributed by atoms with E-state index in [2.05, 4.69) is 9.97 Å². The summed E-state index contributed by atoms with van der Waals surface area (Å²) < 4.78 is 5.68. The number of carbonyl (C=O) groups is 1. The summed E-state index contributed by atoms with van der Waals surface area (Å²) in [5.41, 5.74) is 2.10. The number of aliphatic carboxylic acids is 1. The number of aryl methyl sites for hydroxylation is 2. The SMILES string of the molecule is Cc1ccc(OCCc2nc(CC(=O)O)cc(=O)[nH]2)c(C)c1. The molecule has 1 aromatic heterocycles. The fourth-order valence-corrected chi connectivity index (χ4v) is 2.15. The number of carboxylic acid groups (broad SMARTS) is 1. The Morgan fingerprint density at radius 3 is 2.77 bits per heavy atom. The highest BCUT2D eigenvalue weighted by Crippen LogP contribution is 2.18. The molecule has 0 amide bonds. The Balaban J connectivity index is 2.00. The van der Waals surface area contributed by atoms with Crippen molar-refractivity contribution < 1.29 is 14.6 Å². The molecule has 2 N–H and O–H groups in total. The molecule has 0 fully saturated rings. The van der Waals surface area contributed by atoms with Gasteiger partial charge in [0.2, 0.25) is 0 Å². The molecule has 1 heterocycles. The van der Waals surface area contributed by atoms with Gasteiger partial charge in [0.05, 0.1) is 18.7 Å². The first-order chi connectivity index (χ1) is 10.4. The molecule has 0 bridgehead atoms. The number of benzene rings is 1. The van der Waals surface area contributed by atoms with Crippen LogP contribution in [0.15, 0.2) is 29.1 Å². The van der Waals surface area contributed by atoms with Crippen LogP contribution >= 0.6 is 0 Å². The quantitative estimate of drug-likeness (QED) is 0.846. The van der Waals surface area contributed by atoms with Crippen molar-refractivity contribution in [2.75, 3.05) is 6.61 Å².